The summed E-state index contributed by atoms with van der Waals surface area (Å²) in [7, 11) is 0. The number of benzene rings is 1. The molecule has 0 bridgehead atoms. The van der Waals surface area contributed by atoms with Crippen LogP contribution in [0, 0.1) is 0 Å². The third-order valence-corrected chi connectivity index (χ3v) is 2.59. The van der Waals surface area contributed by atoms with E-state index < -0.39 is 0 Å². The first kappa shape index (κ1) is 10.2. The van der Waals surface area contributed by atoms with Crippen LogP contribution in [0.5, 0.6) is 5.75 Å². The summed E-state index contributed by atoms with van der Waals surface area (Å²) in [6.07, 6.45) is 2.37. The zero-order chi connectivity index (χ0) is 10.7. The molecule has 1 unspecified atom stereocenters. The normalized spacial score (nSPS) is 18.1. The fourth-order valence-corrected chi connectivity index (χ4v) is 1.85. The summed E-state index contributed by atoms with van der Waals surface area (Å²) in [5.41, 5.74) is 2.48. The van der Waals surface area contributed by atoms with Crippen LogP contribution in [-0.4, -0.2) is 18.4 Å². The Kier molecular flexibility index (Phi) is 3.05. The quantitative estimate of drug-likeness (QED) is 0.692. The van der Waals surface area contributed by atoms with Gasteiger partial charge in [-0.2, -0.15) is 0 Å². The number of hydrogen-bond donors (Lipinski definition) is 0. The van der Waals surface area contributed by atoms with Crippen molar-refractivity contribution in [1.82, 2.24) is 0 Å². The first-order valence-electron chi connectivity index (χ1n) is 5.48. The van der Waals surface area contributed by atoms with Crippen molar-refractivity contribution in [1.29, 1.82) is 0 Å². The van der Waals surface area contributed by atoms with Crippen LogP contribution in [0.15, 0.2) is 29.3 Å². The second-order valence-electron chi connectivity index (χ2n) is 4.17. The van der Waals surface area contributed by atoms with Crippen LogP contribution in [0.1, 0.15) is 25.8 Å². The van der Waals surface area contributed by atoms with Crippen molar-refractivity contribution in [3.8, 4) is 5.75 Å². The standard InChI is InChI=1S/C13H17NO/c1-10(2)14-8-7-12-9-11-5-3-4-6-13(11)15-12/h3-6,12H,7-9H2,1-2H3. The molecule has 80 valence electrons. The molecule has 0 spiro atoms. The lowest BCUT2D eigenvalue weighted by Gasteiger charge is -2.08. The summed E-state index contributed by atoms with van der Waals surface area (Å²) in [4.78, 5) is 4.39. The van der Waals surface area contributed by atoms with E-state index in [0.29, 0.717) is 6.10 Å². The molecule has 0 saturated carbocycles. The third-order valence-electron chi connectivity index (χ3n) is 2.59. The Morgan fingerprint density at radius 1 is 1.40 bits per heavy atom. The van der Waals surface area contributed by atoms with Crippen molar-refractivity contribution in [3.63, 3.8) is 0 Å². The van der Waals surface area contributed by atoms with Crippen molar-refractivity contribution in [2.24, 2.45) is 4.99 Å². The Bertz CT molecular complexity index is 342. The molecule has 1 aliphatic rings. The average Bonchev–Trinajstić information content (AvgIpc) is 2.59. The van der Waals surface area contributed by atoms with Gasteiger partial charge in [-0.3, -0.25) is 4.99 Å². The lowest BCUT2D eigenvalue weighted by atomic mass is 10.1. The van der Waals surface area contributed by atoms with Crippen molar-refractivity contribution in [3.05, 3.63) is 29.8 Å². The minimum absolute atomic E-state index is 0.325. The van der Waals surface area contributed by atoms with E-state index in [4.69, 9.17) is 4.74 Å². The van der Waals surface area contributed by atoms with Gasteiger partial charge in [-0.15, -0.1) is 0 Å². The van der Waals surface area contributed by atoms with Crippen molar-refractivity contribution < 1.29 is 4.74 Å². The van der Waals surface area contributed by atoms with E-state index in [2.05, 4.69) is 17.1 Å². The molecule has 0 radical (unpaired) electrons. The van der Waals surface area contributed by atoms with Gasteiger partial charge in [-0.25, -0.2) is 0 Å². The van der Waals surface area contributed by atoms with Gasteiger partial charge in [0.25, 0.3) is 0 Å². The molecule has 0 fully saturated rings. The number of rotatable bonds is 3. The maximum Gasteiger partial charge on any atom is 0.123 e. The zero-order valence-corrected chi connectivity index (χ0v) is 9.36. The molecule has 15 heavy (non-hydrogen) atoms. The van der Waals surface area contributed by atoms with Crippen LogP contribution in [0.4, 0.5) is 0 Å². The van der Waals surface area contributed by atoms with Crippen LogP contribution >= 0.6 is 0 Å². The van der Waals surface area contributed by atoms with Gasteiger partial charge in [0.05, 0.1) is 0 Å². The third kappa shape index (κ3) is 2.58. The van der Waals surface area contributed by atoms with E-state index >= 15 is 0 Å². The lowest BCUT2D eigenvalue weighted by Crippen LogP contribution is -2.14. The monoisotopic (exact) mass is 203 g/mol. The Morgan fingerprint density at radius 3 is 2.93 bits per heavy atom. The van der Waals surface area contributed by atoms with E-state index in [1.165, 1.54) is 5.56 Å². The summed E-state index contributed by atoms with van der Waals surface area (Å²) in [6.45, 7) is 4.94. The van der Waals surface area contributed by atoms with Crippen molar-refractivity contribution in [2.45, 2.75) is 32.8 Å². The van der Waals surface area contributed by atoms with E-state index in [1.807, 2.05) is 26.0 Å². The fourth-order valence-electron chi connectivity index (χ4n) is 1.85. The lowest BCUT2D eigenvalue weighted by molar-refractivity contribution is 0.224. The number of aliphatic imine (C=N–C) groups is 1. The summed E-state index contributed by atoms with van der Waals surface area (Å²) in [5, 5.41) is 0. The Morgan fingerprint density at radius 2 is 2.20 bits per heavy atom. The highest BCUT2D eigenvalue weighted by Crippen LogP contribution is 2.29. The van der Waals surface area contributed by atoms with Crippen molar-refractivity contribution in [2.75, 3.05) is 6.54 Å². The molecule has 1 aliphatic heterocycles. The molecule has 0 aliphatic carbocycles. The van der Waals surface area contributed by atoms with Crippen LogP contribution in [0.2, 0.25) is 0 Å². The van der Waals surface area contributed by atoms with Crippen LogP contribution < -0.4 is 4.74 Å². The molecule has 0 aromatic heterocycles. The number of ether oxygens (including phenoxy) is 1. The fraction of sp³-hybridized carbons (Fsp3) is 0.462. The van der Waals surface area contributed by atoms with Gasteiger partial charge < -0.3 is 4.74 Å². The molecule has 2 rings (SSSR count). The number of nitrogens with zero attached hydrogens (tertiary/aromatic N) is 1. The second-order valence-corrected chi connectivity index (χ2v) is 4.17. The SMILES string of the molecule is CC(C)=NCCC1Cc2ccccc2O1. The van der Waals surface area contributed by atoms with Gasteiger partial charge in [0, 0.05) is 25.1 Å². The van der Waals surface area contributed by atoms with Gasteiger partial charge in [0.2, 0.25) is 0 Å². The maximum absolute atomic E-state index is 5.82. The van der Waals surface area contributed by atoms with Gasteiger partial charge >= 0.3 is 0 Å². The van der Waals surface area contributed by atoms with Crippen LogP contribution in [0.25, 0.3) is 0 Å². The number of hydrogen-bond acceptors (Lipinski definition) is 2. The predicted octanol–water partition coefficient (Wildman–Crippen LogP) is 2.86. The average molecular weight is 203 g/mol. The van der Waals surface area contributed by atoms with E-state index in [9.17, 15) is 0 Å². The number of fused-ring (bicyclic) bond motifs is 1. The van der Waals surface area contributed by atoms with Gasteiger partial charge in [-0.05, 0) is 25.5 Å². The highest BCUT2D eigenvalue weighted by Gasteiger charge is 2.21. The largest absolute Gasteiger partial charge is 0.490 e. The van der Waals surface area contributed by atoms with Crippen molar-refractivity contribution >= 4 is 5.71 Å². The highest BCUT2D eigenvalue weighted by atomic mass is 16.5. The smallest absolute Gasteiger partial charge is 0.123 e. The van der Waals surface area contributed by atoms with E-state index in [0.717, 1.165) is 30.8 Å². The highest BCUT2D eigenvalue weighted by molar-refractivity contribution is 5.79. The Balaban J connectivity index is 1.88. The molecule has 1 atom stereocenters. The Hall–Kier alpha value is -1.31. The minimum atomic E-state index is 0.325. The summed E-state index contributed by atoms with van der Waals surface area (Å²) in [6, 6.07) is 8.28. The number of para-hydroxylation sites is 1. The van der Waals surface area contributed by atoms with E-state index in [1.54, 1.807) is 0 Å². The molecule has 1 heterocycles. The summed E-state index contributed by atoms with van der Waals surface area (Å²) >= 11 is 0. The molecule has 0 amide bonds. The molecule has 0 N–H and O–H groups in total. The summed E-state index contributed by atoms with van der Waals surface area (Å²) < 4.78 is 5.82. The Labute approximate surface area is 91.0 Å². The van der Waals surface area contributed by atoms with Gasteiger partial charge in [0.15, 0.2) is 0 Å². The summed E-state index contributed by atoms with van der Waals surface area (Å²) in [5.74, 6) is 1.06. The molecule has 1 aromatic carbocycles. The minimum Gasteiger partial charge on any atom is -0.490 e. The predicted molar refractivity (Wildman–Crippen MR) is 62.8 cm³/mol. The zero-order valence-electron chi connectivity index (χ0n) is 9.36. The molecular formula is C13H17NO. The van der Waals surface area contributed by atoms with Crippen LogP contribution in [0.3, 0.4) is 0 Å². The second kappa shape index (κ2) is 4.47. The van der Waals surface area contributed by atoms with Crippen LogP contribution in [-0.2, 0) is 6.42 Å². The molecule has 1 aromatic rings. The first-order chi connectivity index (χ1) is 7.25. The maximum atomic E-state index is 5.82. The van der Waals surface area contributed by atoms with Gasteiger partial charge in [-0.1, -0.05) is 18.2 Å². The van der Waals surface area contributed by atoms with Gasteiger partial charge in [0.1, 0.15) is 11.9 Å². The molecule has 2 nitrogen and oxygen atoms in total. The molecule has 2 heteroatoms. The molecular weight excluding hydrogens is 186 g/mol. The molecule has 0 saturated heterocycles. The topological polar surface area (TPSA) is 21.6 Å². The first-order valence-corrected chi connectivity index (χ1v) is 5.48. The van der Waals surface area contributed by atoms with E-state index in [-0.39, 0.29) is 0 Å².